The van der Waals surface area contributed by atoms with E-state index in [1.165, 1.54) is 6.92 Å². The molecule has 1 fully saturated rings. The summed E-state index contributed by atoms with van der Waals surface area (Å²) in [6.45, 7) is 1.28. The van der Waals surface area contributed by atoms with Gasteiger partial charge < -0.3 is 20.5 Å². The second-order valence-electron chi connectivity index (χ2n) is 6.27. The lowest BCUT2D eigenvalue weighted by Gasteiger charge is -2.23. The van der Waals surface area contributed by atoms with Gasteiger partial charge in [0.25, 0.3) is 0 Å². The molecule has 25 heavy (non-hydrogen) atoms. The molecule has 7 nitrogen and oxygen atoms in total. The van der Waals surface area contributed by atoms with Gasteiger partial charge in [0.2, 0.25) is 11.8 Å². The van der Waals surface area contributed by atoms with E-state index in [1.807, 2.05) is 6.07 Å². The number of hydrogen-bond donors (Lipinski definition) is 3. The lowest BCUT2D eigenvalue weighted by atomic mass is 9.97. The summed E-state index contributed by atoms with van der Waals surface area (Å²) in [6.07, 6.45) is 4.04. The number of carboxylic acid groups (broad SMARTS) is 1. The molecule has 0 spiro atoms. The van der Waals surface area contributed by atoms with Gasteiger partial charge in [-0.05, 0) is 36.5 Å². The highest BCUT2D eigenvalue weighted by molar-refractivity contribution is 5.87. The van der Waals surface area contributed by atoms with Crippen LogP contribution in [0.2, 0.25) is 0 Å². The van der Waals surface area contributed by atoms with Crippen molar-refractivity contribution in [2.75, 3.05) is 6.61 Å². The molecule has 1 saturated carbocycles. The highest BCUT2D eigenvalue weighted by atomic mass is 16.5. The first-order chi connectivity index (χ1) is 12.0. The minimum atomic E-state index is -1.05. The molecule has 1 aromatic rings. The van der Waals surface area contributed by atoms with Gasteiger partial charge in [-0.15, -0.1) is 0 Å². The van der Waals surface area contributed by atoms with E-state index >= 15 is 0 Å². The molecule has 1 aliphatic rings. The quantitative estimate of drug-likeness (QED) is 0.660. The summed E-state index contributed by atoms with van der Waals surface area (Å²) < 4.78 is 5.13. The molecular weight excluding hydrogens is 324 g/mol. The number of benzene rings is 1. The maximum Gasteiger partial charge on any atom is 0.341 e. The molecule has 2 amide bonds. The second-order valence-corrected chi connectivity index (χ2v) is 6.27. The maximum atomic E-state index is 12.5. The maximum absolute atomic E-state index is 12.5. The van der Waals surface area contributed by atoms with Gasteiger partial charge >= 0.3 is 5.97 Å². The molecule has 0 radical (unpaired) electrons. The molecule has 1 unspecified atom stereocenters. The van der Waals surface area contributed by atoms with Gasteiger partial charge in [0.1, 0.15) is 11.8 Å². The van der Waals surface area contributed by atoms with Gasteiger partial charge in [-0.25, -0.2) is 4.79 Å². The van der Waals surface area contributed by atoms with Crippen LogP contribution in [0.5, 0.6) is 5.75 Å². The topological polar surface area (TPSA) is 105 Å². The number of carboxylic acids is 1. The van der Waals surface area contributed by atoms with E-state index in [0.717, 1.165) is 31.2 Å². The molecule has 1 atom stereocenters. The third-order valence-corrected chi connectivity index (χ3v) is 4.24. The Labute approximate surface area is 146 Å². The van der Waals surface area contributed by atoms with Gasteiger partial charge in [0.15, 0.2) is 6.61 Å². The van der Waals surface area contributed by atoms with E-state index in [4.69, 9.17) is 9.84 Å². The van der Waals surface area contributed by atoms with Crippen LogP contribution in [-0.4, -0.2) is 35.5 Å². The Morgan fingerprint density at radius 3 is 2.64 bits per heavy atom. The normalized spacial score (nSPS) is 15.4. The van der Waals surface area contributed by atoms with Gasteiger partial charge in [0.05, 0.1) is 0 Å². The van der Waals surface area contributed by atoms with Gasteiger partial charge in [-0.1, -0.05) is 25.0 Å². The first kappa shape index (κ1) is 18.8. The zero-order valence-corrected chi connectivity index (χ0v) is 14.3. The van der Waals surface area contributed by atoms with Gasteiger partial charge in [-0.2, -0.15) is 0 Å². The van der Waals surface area contributed by atoms with E-state index in [9.17, 15) is 14.4 Å². The summed E-state index contributed by atoms with van der Waals surface area (Å²) in [5, 5.41) is 14.2. The summed E-state index contributed by atoms with van der Waals surface area (Å²) >= 11 is 0. The fourth-order valence-corrected chi connectivity index (χ4v) is 3.10. The van der Waals surface area contributed by atoms with Crippen LogP contribution in [-0.2, 0) is 20.9 Å². The highest BCUT2D eigenvalue weighted by Crippen LogP contribution is 2.28. The van der Waals surface area contributed by atoms with Crippen LogP contribution in [0.4, 0.5) is 0 Å². The van der Waals surface area contributed by atoms with E-state index in [-0.39, 0.29) is 24.3 Å². The Morgan fingerprint density at radius 2 is 2.00 bits per heavy atom. The molecule has 0 aliphatic heterocycles. The standard InChI is InChI=1S/C18H24N2O5/c1-12(21)20-17(14-6-2-3-7-14)18(24)19-10-13-5-4-8-15(9-13)25-11-16(22)23/h4-5,8-9,14,17H,2-3,6-7,10-11H2,1H3,(H,19,24)(H,20,21)(H,22,23). The van der Waals surface area contributed by atoms with Crippen molar-refractivity contribution in [3.8, 4) is 5.75 Å². The largest absolute Gasteiger partial charge is 0.482 e. The third-order valence-electron chi connectivity index (χ3n) is 4.24. The van der Waals surface area contributed by atoms with E-state index in [2.05, 4.69) is 10.6 Å². The Hall–Kier alpha value is -2.57. The Kier molecular flexibility index (Phi) is 6.80. The van der Waals surface area contributed by atoms with Crippen LogP contribution >= 0.6 is 0 Å². The molecule has 0 saturated heterocycles. The van der Waals surface area contributed by atoms with Gasteiger partial charge in [-0.3, -0.25) is 9.59 Å². The smallest absolute Gasteiger partial charge is 0.341 e. The SMILES string of the molecule is CC(=O)NC(C(=O)NCc1cccc(OCC(=O)O)c1)C1CCCC1. The minimum Gasteiger partial charge on any atom is -0.482 e. The molecule has 0 aromatic heterocycles. The average Bonchev–Trinajstić information content (AvgIpc) is 3.10. The zero-order chi connectivity index (χ0) is 18.2. The van der Waals surface area contributed by atoms with Crippen molar-refractivity contribution in [3.05, 3.63) is 29.8 Å². The molecular formula is C18H24N2O5. The lowest BCUT2D eigenvalue weighted by Crippen LogP contribution is -2.49. The molecule has 1 aliphatic carbocycles. The summed E-state index contributed by atoms with van der Waals surface area (Å²) in [4.78, 5) is 34.5. The minimum absolute atomic E-state index is 0.175. The average molecular weight is 348 g/mol. The van der Waals surface area contributed by atoms with E-state index in [1.54, 1.807) is 18.2 Å². The monoisotopic (exact) mass is 348 g/mol. The first-order valence-electron chi connectivity index (χ1n) is 8.44. The van der Waals surface area contributed by atoms with Crippen molar-refractivity contribution >= 4 is 17.8 Å². The predicted octanol–water partition coefficient (Wildman–Crippen LogP) is 1.46. The lowest BCUT2D eigenvalue weighted by molar-refractivity contribution is -0.139. The molecule has 0 heterocycles. The number of rotatable bonds is 8. The number of carbonyl (C=O) groups excluding carboxylic acids is 2. The summed E-state index contributed by atoms with van der Waals surface area (Å²) in [6, 6.07) is 6.39. The highest BCUT2D eigenvalue weighted by Gasteiger charge is 2.31. The molecule has 0 bridgehead atoms. The van der Waals surface area contributed by atoms with Crippen LogP contribution in [0, 0.1) is 5.92 Å². The van der Waals surface area contributed by atoms with Crippen molar-refractivity contribution in [1.29, 1.82) is 0 Å². The van der Waals surface area contributed by atoms with Crippen molar-refractivity contribution in [2.24, 2.45) is 5.92 Å². The van der Waals surface area contributed by atoms with E-state index < -0.39 is 18.6 Å². The molecule has 2 rings (SSSR count). The number of aliphatic carboxylic acids is 1. The molecule has 7 heteroatoms. The molecule has 1 aromatic carbocycles. The number of carbonyl (C=O) groups is 3. The Bertz CT molecular complexity index is 626. The number of nitrogens with one attached hydrogen (secondary N) is 2. The van der Waals surface area contributed by atoms with Crippen LogP contribution in [0.15, 0.2) is 24.3 Å². The Balaban J connectivity index is 1.93. The van der Waals surface area contributed by atoms with Crippen LogP contribution in [0.3, 0.4) is 0 Å². The fraction of sp³-hybridized carbons (Fsp3) is 0.500. The Morgan fingerprint density at radius 1 is 1.28 bits per heavy atom. The summed E-state index contributed by atoms with van der Waals surface area (Å²) in [7, 11) is 0. The number of amides is 2. The van der Waals surface area contributed by atoms with Crippen molar-refractivity contribution in [2.45, 2.75) is 45.2 Å². The summed E-state index contributed by atoms with van der Waals surface area (Å²) in [5.41, 5.74) is 0.796. The first-order valence-corrected chi connectivity index (χ1v) is 8.44. The van der Waals surface area contributed by atoms with Crippen LogP contribution in [0.1, 0.15) is 38.2 Å². The molecule has 3 N–H and O–H groups in total. The molecule has 136 valence electrons. The van der Waals surface area contributed by atoms with Gasteiger partial charge in [0, 0.05) is 13.5 Å². The predicted molar refractivity (Wildman–Crippen MR) is 91.0 cm³/mol. The van der Waals surface area contributed by atoms with Crippen molar-refractivity contribution in [1.82, 2.24) is 10.6 Å². The number of ether oxygens (including phenoxy) is 1. The number of hydrogen-bond acceptors (Lipinski definition) is 4. The van der Waals surface area contributed by atoms with Crippen molar-refractivity contribution < 1.29 is 24.2 Å². The third kappa shape index (κ3) is 6.10. The van der Waals surface area contributed by atoms with E-state index in [0.29, 0.717) is 5.75 Å². The van der Waals surface area contributed by atoms with Crippen LogP contribution in [0.25, 0.3) is 0 Å². The summed E-state index contributed by atoms with van der Waals surface area (Å²) in [5.74, 6) is -0.846. The second kappa shape index (κ2) is 9.05. The van der Waals surface area contributed by atoms with Crippen molar-refractivity contribution in [3.63, 3.8) is 0 Å². The zero-order valence-electron chi connectivity index (χ0n) is 14.3. The van der Waals surface area contributed by atoms with Crippen LogP contribution < -0.4 is 15.4 Å². The fourth-order valence-electron chi connectivity index (χ4n) is 3.10.